The van der Waals surface area contributed by atoms with E-state index in [1.54, 1.807) is 11.3 Å². The molecule has 0 radical (unpaired) electrons. The van der Waals surface area contributed by atoms with Crippen LogP contribution in [-0.2, 0) is 6.42 Å². The molecule has 1 N–H and O–H groups in total. The van der Waals surface area contributed by atoms with Crippen molar-refractivity contribution >= 4 is 17.4 Å². The Morgan fingerprint density at radius 2 is 2.12 bits per heavy atom. The number of hydrogen-bond donors (Lipinski definition) is 1. The van der Waals surface area contributed by atoms with Crippen molar-refractivity contribution in [3.8, 4) is 0 Å². The lowest BCUT2D eigenvalue weighted by Gasteiger charge is -2.32. The number of piperazine rings is 1. The second-order valence-electron chi connectivity index (χ2n) is 3.94. The predicted molar refractivity (Wildman–Crippen MR) is 64.1 cm³/mol. The highest BCUT2D eigenvalue weighted by Crippen LogP contribution is 2.10. The smallest absolute Gasteiger partial charge is 0.407 e. The van der Waals surface area contributed by atoms with Crippen LogP contribution in [0.5, 0.6) is 0 Å². The summed E-state index contributed by atoms with van der Waals surface area (Å²) in [6.07, 6.45) is 0.281. The van der Waals surface area contributed by atoms with Crippen LogP contribution >= 0.6 is 11.3 Å². The summed E-state index contributed by atoms with van der Waals surface area (Å²) in [5, 5.41) is 10.9. The van der Waals surface area contributed by atoms with Crippen LogP contribution in [0.25, 0.3) is 0 Å². The van der Waals surface area contributed by atoms with Gasteiger partial charge in [0.25, 0.3) is 0 Å². The summed E-state index contributed by atoms with van der Waals surface area (Å²) in [6, 6.07) is 4.22. The van der Waals surface area contributed by atoms with Gasteiger partial charge in [-0.15, -0.1) is 11.3 Å². The van der Waals surface area contributed by atoms with Gasteiger partial charge in [-0.05, 0) is 17.9 Å². The molecule has 0 bridgehead atoms. The van der Waals surface area contributed by atoms with Gasteiger partial charge in [0, 0.05) is 37.6 Å². The topological polar surface area (TPSA) is 43.8 Å². The Hall–Kier alpha value is -1.07. The maximum absolute atomic E-state index is 10.7. The predicted octanol–water partition coefficient (Wildman–Crippen LogP) is 1.59. The highest BCUT2D eigenvalue weighted by molar-refractivity contribution is 7.09. The molecular formula is C11H16N2O2S. The molecule has 0 unspecified atom stereocenters. The van der Waals surface area contributed by atoms with Gasteiger partial charge in [0.05, 0.1) is 0 Å². The van der Waals surface area contributed by atoms with E-state index in [4.69, 9.17) is 5.11 Å². The van der Waals surface area contributed by atoms with Crippen molar-refractivity contribution in [2.45, 2.75) is 6.42 Å². The molecule has 4 nitrogen and oxygen atoms in total. The van der Waals surface area contributed by atoms with Crippen LogP contribution in [0.2, 0.25) is 0 Å². The molecule has 1 saturated heterocycles. The maximum atomic E-state index is 10.7. The van der Waals surface area contributed by atoms with Crippen molar-refractivity contribution in [3.05, 3.63) is 22.4 Å². The third-order valence-corrected chi connectivity index (χ3v) is 3.83. The van der Waals surface area contributed by atoms with Crippen molar-refractivity contribution in [2.24, 2.45) is 0 Å². The fourth-order valence-electron chi connectivity index (χ4n) is 1.89. The first-order valence-electron chi connectivity index (χ1n) is 5.48. The van der Waals surface area contributed by atoms with Crippen LogP contribution in [0.1, 0.15) is 4.88 Å². The summed E-state index contributed by atoms with van der Waals surface area (Å²) < 4.78 is 0. The van der Waals surface area contributed by atoms with Crippen molar-refractivity contribution in [2.75, 3.05) is 32.7 Å². The van der Waals surface area contributed by atoms with Crippen LogP contribution in [0.15, 0.2) is 17.5 Å². The average molecular weight is 240 g/mol. The Kier molecular flexibility index (Phi) is 3.79. The molecule has 5 heteroatoms. The zero-order valence-electron chi connectivity index (χ0n) is 9.13. The summed E-state index contributed by atoms with van der Waals surface area (Å²) in [5.41, 5.74) is 0. The van der Waals surface area contributed by atoms with E-state index in [2.05, 4.69) is 22.4 Å². The molecule has 0 atom stereocenters. The molecule has 0 aliphatic carbocycles. The molecule has 0 aromatic carbocycles. The lowest BCUT2D eigenvalue weighted by atomic mass is 10.3. The zero-order chi connectivity index (χ0) is 11.4. The Morgan fingerprint density at radius 1 is 1.38 bits per heavy atom. The summed E-state index contributed by atoms with van der Waals surface area (Å²) >= 11 is 1.79. The minimum absolute atomic E-state index is 0.639. The van der Waals surface area contributed by atoms with Crippen LogP contribution in [-0.4, -0.2) is 53.7 Å². The summed E-state index contributed by atoms with van der Waals surface area (Å²) in [7, 11) is 0. The summed E-state index contributed by atoms with van der Waals surface area (Å²) in [6.45, 7) is 4.03. The van der Waals surface area contributed by atoms with Gasteiger partial charge >= 0.3 is 6.09 Å². The third-order valence-electron chi connectivity index (χ3n) is 2.90. The van der Waals surface area contributed by atoms with E-state index in [9.17, 15) is 4.79 Å². The molecule has 88 valence electrons. The lowest BCUT2D eigenvalue weighted by molar-refractivity contribution is 0.106. The van der Waals surface area contributed by atoms with E-state index in [1.807, 2.05) is 0 Å². The molecule has 2 heterocycles. The lowest BCUT2D eigenvalue weighted by Crippen LogP contribution is -2.48. The van der Waals surface area contributed by atoms with Crippen LogP contribution in [0.4, 0.5) is 4.79 Å². The Balaban J connectivity index is 1.71. The molecule has 0 saturated carbocycles. The zero-order valence-corrected chi connectivity index (χ0v) is 9.95. The van der Waals surface area contributed by atoms with Crippen LogP contribution in [0, 0.1) is 0 Å². The van der Waals surface area contributed by atoms with Gasteiger partial charge in [-0.1, -0.05) is 6.07 Å². The SMILES string of the molecule is O=C(O)N1CCN(CCc2cccs2)CC1. The third kappa shape index (κ3) is 2.96. The van der Waals surface area contributed by atoms with E-state index >= 15 is 0 Å². The number of amides is 1. The molecule has 1 aromatic rings. The molecule has 1 aliphatic heterocycles. The molecule has 1 amide bonds. The van der Waals surface area contributed by atoms with Gasteiger partial charge in [0.1, 0.15) is 0 Å². The van der Waals surface area contributed by atoms with Gasteiger partial charge in [0.15, 0.2) is 0 Å². The number of nitrogens with zero attached hydrogens (tertiary/aromatic N) is 2. The summed E-state index contributed by atoms with van der Waals surface area (Å²) in [5.74, 6) is 0. The molecule has 1 fully saturated rings. The van der Waals surface area contributed by atoms with Crippen LogP contribution in [0.3, 0.4) is 0 Å². The Labute approximate surface area is 99.1 Å². The maximum Gasteiger partial charge on any atom is 0.407 e. The second-order valence-corrected chi connectivity index (χ2v) is 4.97. The second kappa shape index (κ2) is 5.32. The molecule has 1 aliphatic rings. The number of rotatable bonds is 3. The van der Waals surface area contributed by atoms with Gasteiger partial charge in [-0.3, -0.25) is 4.90 Å². The van der Waals surface area contributed by atoms with Crippen molar-refractivity contribution < 1.29 is 9.90 Å². The molecule has 0 spiro atoms. The van der Waals surface area contributed by atoms with E-state index in [0.29, 0.717) is 13.1 Å². The first kappa shape index (κ1) is 11.4. The van der Waals surface area contributed by atoms with Gasteiger partial charge in [-0.25, -0.2) is 4.79 Å². The fourth-order valence-corrected chi connectivity index (χ4v) is 2.58. The fraction of sp³-hybridized carbons (Fsp3) is 0.545. The Morgan fingerprint density at radius 3 is 2.69 bits per heavy atom. The van der Waals surface area contributed by atoms with Crippen molar-refractivity contribution in [1.29, 1.82) is 0 Å². The van der Waals surface area contributed by atoms with Gasteiger partial charge < -0.3 is 10.0 Å². The van der Waals surface area contributed by atoms with E-state index in [-0.39, 0.29) is 0 Å². The van der Waals surface area contributed by atoms with E-state index < -0.39 is 6.09 Å². The Bertz CT molecular complexity index is 332. The minimum Gasteiger partial charge on any atom is -0.465 e. The summed E-state index contributed by atoms with van der Waals surface area (Å²) in [4.78, 5) is 15.9. The minimum atomic E-state index is -0.794. The highest BCUT2D eigenvalue weighted by atomic mass is 32.1. The normalized spacial score (nSPS) is 17.6. The molecule has 1 aromatic heterocycles. The first-order chi connectivity index (χ1) is 7.75. The monoisotopic (exact) mass is 240 g/mol. The van der Waals surface area contributed by atoms with Gasteiger partial charge in [-0.2, -0.15) is 0 Å². The van der Waals surface area contributed by atoms with Crippen molar-refractivity contribution in [1.82, 2.24) is 9.80 Å². The van der Waals surface area contributed by atoms with E-state index in [0.717, 1.165) is 26.1 Å². The molecule has 16 heavy (non-hydrogen) atoms. The first-order valence-corrected chi connectivity index (χ1v) is 6.36. The van der Waals surface area contributed by atoms with E-state index in [1.165, 1.54) is 9.78 Å². The number of thiophene rings is 1. The number of carboxylic acid groups (broad SMARTS) is 1. The molecular weight excluding hydrogens is 224 g/mol. The van der Waals surface area contributed by atoms with Crippen LogP contribution < -0.4 is 0 Å². The quantitative estimate of drug-likeness (QED) is 0.872. The van der Waals surface area contributed by atoms with Gasteiger partial charge in [0.2, 0.25) is 0 Å². The largest absolute Gasteiger partial charge is 0.465 e. The van der Waals surface area contributed by atoms with Crippen molar-refractivity contribution in [3.63, 3.8) is 0 Å². The highest BCUT2D eigenvalue weighted by Gasteiger charge is 2.19. The number of carbonyl (C=O) groups is 1. The number of hydrogen-bond acceptors (Lipinski definition) is 3. The molecule has 2 rings (SSSR count). The average Bonchev–Trinajstić information content (AvgIpc) is 2.80. The standard InChI is InChI=1S/C11H16N2O2S/c14-11(15)13-7-5-12(6-8-13)4-3-10-2-1-9-16-10/h1-2,9H,3-8H2,(H,14,15).